The van der Waals surface area contributed by atoms with E-state index in [1.165, 1.54) is 0 Å². The zero-order valence-corrected chi connectivity index (χ0v) is 16.9. The lowest BCUT2D eigenvalue weighted by atomic mass is 9.92. The van der Waals surface area contributed by atoms with Crippen molar-refractivity contribution in [3.63, 3.8) is 0 Å². The van der Waals surface area contributed by atoms with Crippen LogP contribution < -0.4 is 10.1 Å². The van der Waals surface area contributed by atoms with E-state index in [0.717, 1.165) is 22.4 Å². The van der Waals surface area contributed by atoms with Crippen LogP contribution in [0.5, 0.6) is 5.75 Å². The van der Waals surface area contributed by atoms with Crippen molar-refractivity contribution in [3.05, 3.63) is 101 Å². The first-order chi connectivity index (χ1) is 14.7. The van der Waals surface area contributed by atoms with Gasteiger partial charge in [0.2, 0.25) is 5.91 Å². The highest BCUT2D eigenvalue weighted by Gasteiger charge is 2.34. The van der Waals surface area contributed by atoms with E-state index in [1.54, 1.807) is 24.1 Å². The topological polar surface area (TPSA) is 58.6 Å². The van der Waals surface area contributed by atoms with E-state index in [4.69, 9.17) is 4.74 Å². The quantitative estimate of drug-likeness (QED) is 0.712. The van der Waals surface area contributed by atoms with Gasteiger partial charge >= 0.3 is 0 Å². The highest BCUT2D eigenvalue weighted by molar-refractivity contribution is 5.98. The van der Waals surface area contributed by atoms with Crippen molar-refractivity contribution in [1.29, 1.82) is 0 Å². The number of fused-ring (bicyclic) bond motifs is 1. The lowest BCUT2D eigenvalue weighted by molar-refractivity contribution is -0.126. The number of amides is 2. The third kappa shape index (κ3) is 4.06. The Morgan fingerprint density at radius 2 is 1.60 bits per heavy atom. The van der Waals surface area contributed by atoms with Crippen molar-refractivity contribution in [3.8, 4) is 5.75 Å². The third-order valence-corrected chi connectivity index (χ3v) is 5.48. The smallest absolute Gasteiger partial charge is 0.254 e. The highest BCUT2D eigenvalue weighted by atomic mass is 16.5. The molecule has 1 N–H and O–H groups in total. The van der Waals surface area contributed by atoms with Gasteiger partial charge in [-0.05, 0) is 29.3 Å². The minimum atomic E-state index is -0.567. The molecule has 4 rings (SSSR count). The van der Waals surface area contributed by atoms with Crippen molar-refractivity contribution in [2.45, 2.75) is 25.6 Å². The number of carbonyl (C=O) groups is 2. The van der Waals surface area contributed by atoms with Crippen molar-refractivity contribution in [2.75, 3.05) is 7.11 Å². The molecular formula is C25H24N2O3. The van der Waals surface area contributed by atoms with Gasteiger partial charge < -0.3 is 15.0 Å². The van der Waals surface area contributed by atoms with Crippen LogP contribution in [-0.2, 0) is 24.3 Å². The first-order valence-corrected chi connectivity index (χ1v) is 10.00. The van der Waals surface area contributed by atoms with Gasteiger partial charge in [-0.1, -0.05) is 60.7 Å². The number of ether oxygens (including phenoxy) is 1. The zero-order chi connectivity index (χ0) is 20.9. The number of hydrogen-bond acceptors (Lipinski definition) is 3. The van der Waals surface area contributed by atoms with E-state index in [-0.39, 0.29) is 11.8 Å². The summed E-state index contributed by atoms with van der Waals surface area (Å²) in [5, 5.41) is 3.00. The molecular weight excluding hydrogens is 376 g/mol. The van der Waals surface area contributed by atoms with Crippen molar-refractivity contribution in [1.82, 2.24) is 10.2 Å². The fraction of sp³-hybridized carbons (Fsp3) is 0.200. The van der Waals surface area contributed by atoms with E-state index in [0.29, 0.717) is 25.1 Å². The predicted octanol–water partition coefficient (Wildman–Crippen LogP) is 3.58. The van der Waals surface area contributed by atoms with E-state index in [9.17, 15) is 9.59 Å². The van der Waals surface area contributed by atoms with Gasteiger partial charge in [-0.3, -0.25) is 9.59 Å². The molecule has 5 heteroatoms. The fourth-order valence-electron chi connectivity index (χ4n) is 3.87. The van der Waals surface area contributed by atoms with Crippen LogP contribution in [0.25, 0.3) is 0 Å². The molecule has 0 aliphatic carbocycles. The molecule has 0 bridgehead atoms. The summed E-state index contributed by atoms with van der Waals surface area (Å²) in [6.07, 6.45) is 0.493. The Balaban J connectivity index is 1.58. The summed E-state index contributed by atoms with van der Waals surface area (Å²) in [6.45, 7) is 0.755. The van der Waals surface area contributed by atoms with Crippen LogP contribution in [0, 0.1) is 0 Å². The molecule has 0 saturated carbocycles. The standard InChI is InChI=1S/C25H24N2O3/c1-30-23-14-8-7-12-20(23)16-26-24(28)22-15-19-11-5-6-13-21(19)17-27(22)25(29)18-9-3-2-4-10-18/h2-14,22H,15-17H2,1H3,(H,26,28)/t22-/m0/s1. The van der Waals surface area contributed by atoms with Crippen LogP contribution >= 0.6 is 0 Å². The Kier molecular flexibility index (Phi) is 5.80. The number of rotatable bonds is 5. The van der Waals surface area contributed by atoms with E-state index >= 15 is 0 Å². The molecule has 5 nitrogen and oxygen atoms in total. The maximum atomic E-state index is 13.2. The molecule has 30 heavy (non-hydrogen) atoms. The van der Waals surface area contributed by atoms with Gasteiger partial charge in [0.05, 0.1) is 7.11 Å². The molecule has 0 fully saturated rings. The lowest BCUT2D eigenvalue weighted by Crippen LogP contribution is -2.52. The summed E-state index contributed by atoms with van der Waals surface area (Å²) in [4.78, 5) is 28.1. The Labute approximate surface area is 176 Å². The summed E-state index contributed by atoms with van der Waals surface area (Å²) in [7, 11) is 1.61. The predicted molar refractivity (Wildman–Crippen MR) is 115 cm³/mol. The first-order valence-electron chi connectivity index (χ1n) is 10.00. The number of nitrogens with one attached hydrogen (secondary N) is 1. The normalized spacial score (nSPS) is 15.2. The second kappa shape index (κ2) is 8.82. The number of para-hydroxylation sites is 1. The van der Waals surface area contributed by atoms with E-state index < -0.39 is 6.04 Å². The maximum Gasteiger partial charge on any atom is 0.254 e. The van der Waals surface area contributed by atoms with Gasteiger partial charge in [0.15, 0.2) is 0 Å². The first kappa shape index (κ1) is 19.7. The molecule has 0 unspecified atom stereocenters. The average Bonchev–Trinajstić information content (AvgIpc) is 2.82. The zero-order valence-electron chi connectivity index (χ0n) is 16.9. The highest BCUT2D eigenvalue weighted by Crippen LogP contribution is 2.25. The number of carbonyl (C=O) groups excluding carboxylic acids is 2. The third-order valence-electron chi connectivity index (χ3n) is 5.48. The molecule has 0 radical (unpaired) electrons. The Bertz CT molecular complexity index is 1050. The number of nitrogens with zero attached hydrogens (tertiary/aromatic N) is 1. The SMILES string of the molecule is COc1ccccc1CNC(=O)[C@@H]1Cc2ccccc2CN1C(=O)c1ccccc1. The number of hydrogen-bond donors (Lipinski definition) is 1. The van der Waals surface area contributed by atoms with Crippen LogP contribution in [0.1, 0.15) is 27.0 Å². The summed E-state index contributed by atoms with van der Waals surface area (Å²) < 4.78 is 5.37. The largest absolute Gasteiger partial charge is 0.496 e. The Morgan fingerprint density at radius 3 is 2.37 bits per heavy atom. The molecule has 3 aromatic rings. The van der Waals surface area contributed by atoms with Gasteiger partial charge in [-0.2, -0.15) is 0 Å². The minimum absolute atomic E-state index is 0.137. The molecule has 0 aromatic heterocycles. The molecule has 1 aliphatic rings. The van der Waals surface area contributed by atoms with Gasteiger partial charge in [0.25, 0.3) is 5.91 Å². The summed E-state index contributed by atoms with van der Waals surface area (Å²) in [5.74, 6) is 0.422. The van der Waals surface area contributed by atoms with Gasteiger partial charge in [0.1, 0.15) is 11.8 Å². The van der Waals surface area contributed by atoms with Crippen LogP contribution in [-0.4, -0.2) is 29.9 Å². The second-order valence-electron chi connectivity index (χ2n) is 7.32. The fourth-order valence-corrected chi connectivity index (χ4v) is 3.87. The summed E-state index contributed by atoms with van der Waals surface area (Å²) in [6, 6.07) is 24.1. The molecule has 1 heterocycles. The Morgan fingerprint density at radius 1 is 0.933 bits per heavy atom. The van der Waals surface area contributed by atoms with Gasteiger partial charge in [-0.25, -0.2) is 0 Å². The number of methoxy groups -OCH3 is 1. The molecule has 2 amide bonds. The summed E-state index contributed by atoms with van der Waals surface area (Å²) in [5.41, 5.74) is 3.66. The molecule has 3 aromatic carbocycles. The van der Waals surface area contributed by atoms with Gasteiger partial charge in [0, 0.05) is 30.6 Å². The molecule has 1 aliphatic heterocycles. The average molecular weight is 400 g/mol. The molecule has 1 atom stereocenters. The maximum absolute atomic E-state index is 13.2. The monoisotopic (exact) mass is 400 g/mol. The molecule has 0 spiro atoms. The van der Waals surface area contributed by atoms with E-state index in [1.807, 2.05) is 66.7 Å². The van der Waals surface area contributed by atoms with Crippen LogP contribution in [0.15, 0.2) is 78.9 Å². The summed E-state index contributed by atoms with van der Waals surface area (Å²) >= 11 is 0. The van der Waals surface area contributed by atoms with Crippen molar-refractivity contribution in [2.24, 2.45) is 0 Å². The minimum Gasteiger partial charge on any atom is -0.496 e. The molecule has 0 saturated heterocycles. The van der Waals surface area contributed by atoms with E-state index in [2.05, 4.69) is 5.32 Å². The van der Waals surface area contributed by atoms with Crippen LogP contribution in [0.3, 0.4) is 0 Å². The van der Waals surface area contributed by atoms with Gasteiger partial charge in [-0.15, -0.1) is 0 Å². The second-order valence-corrected chi connectivity index (χ2v) is 7.32. The molecule has 152 valence electrons. The number of benzene rings is 3. The van der Waals surface area contributed by atoms with Crippen molar-refractivity contribution < 1.29 is 14.3 Å². The van der Waals surface area contributed by atoms with Crippen LogP contribution in [0.2, 0.25) is 0 Å². The lowest BCUT2D eigenvalue weighted by Gasteiger charge is -2.36. The van der Waals surface area contributed by atoms with Crippen LogP contribution in [0.4, 0.5) is 0 Å². The Hall–Kier alpha value is -3.60. The van der Waals surface area contributed by atoms with Crippen molar-refractivity contribution >= 4 is 11.8 Å².